The van der Waals surface area contributed by atoms with Crippen molar-refractivity contribution in [1.82, 2.24) is 19.9 Å². The number of hydrogen-bond acceptors (Lipinski definition) is 9. The Hall–Kier alpha value is -3.98. The Bertz CT molecular complexity index is 1870. The van der Waals surface area contributed by atoms with Crippen LogP contribution in [0.2, 0.25) is 5.15 Å². The predicted octanol–water partition coefficient (Wildman–Crippen LogP) is 12.4. The molecular weight excluding hydrogens is 766 g/mol. The summed E-state index contributed by atoms with van der Waals surface area (Å²) in [6.45, 7) is 15.8. The van der Waals surface area contributed by atoms with Crippen LogP contribution in [0, 0.1) is 13.8 Å². The zero-order chi connectivity index (χ0) is 41.1. The summed E-state index contributed by atoms with van der Waals surface area (Å²) in [7, 11) is 0. The van der Waals surface area contributed by atoms with E-state index in [4.69, 9.17) is 21.6 Å². The van der Waals surface area contributed by atoms with Crippen molar-refractivity contribution >= 4 is 35.0 Å². The third-order valence-electron chi connectivity index (χ3n) is 8.75. The second-order valence-corrected chi connectivity index (χ2v) is 13.8. The number of aromatic nitrogens is 4. The van der Waals surface area contributed by atoms with Gasteiger partial charge in [-0.3, -0.25) is 0 Å². The van der Waals surface area contributed by atoms with E-state index in [9.17, 15) is 26.3 Å². The van der Waals surface area contributed by atoms with Crippen LogP contribution in [0.3, 0.4) is 0 Å². The average molecular weight is 815 g/mol. The predicted molar refractivity (Wildman–Crippen MR) is 209 cm³/mol. The van der Waals surface area contributed by atoms with Crippen molar-refractivity contribution in [2.45, 2.75) is 124 Å². The number of ether oxygens (including phenoxy) is 2. The summed E-state index contributed by atoms with van der Waals surface area (Å²) in [5, 5.41) is 7.77. The van der Waals surface area contributed by atoms with Crippen LogP contribution in [0.25, 0.3) is 22.5 Å². The zero-order valence-electron chi connectivity index (χ0n) is 32.5. The first-order valence-electron chi connectivity index (χ1n) is 18.2. The highest BCUT2D eigenvalue weighted by Gasteiger charge is 2.32. The SMILES string of the molecule is CCc1nc(-c2ccc(OC(F)(F)F)cc2C)c(Cl)nc1NC(CC)CC.CCc1nc(-c2ccc(OC(F)(F)F)cc2C)c(SC)nc1NC(CC)CC. The van der Waals surface area contributed by atoms with Gasteiger partial charge in [0.15, 0.2) is 5.15 Å². The summed E-state index contributed by atoms with van der Waals surface area (Å²) < 4.78 is 82.5. The summed E-state index contributed by atoms with van der Waals surface area (Å²) >= 11 is 7.82. The molecule has 0 saturated carbocycles. The molecule has 2 aromatic heterocycles. The van der Waals surface area contributed by atoms with Gasteiger partial charge < -0.3 is 20.1 Å². The number of nitrogens with one attached hydrogen (secondary N) is 2. The molecule has 0 saturated heterocycles. The first-order chi connectivity index (χ1) is 25.9. The van der Waals surface area contributed by atoms with Crippen LogP contribution < -0.4 is 20.1 Å². The Morgan fingerprint density at radius 2 is 1.04 bits per heavy atom. The Morgan fingerprint density at radius 1 is 0.636 bits per heavy atom. The van der Waals surface area contributed by atoms with Crippen LogP contribution in [0.15, 0.2) is 41.4 Å². The Kier molecular flexibility index (Phi) is 16.7. The van der Waals surface area contributed by atoms with Gasteiger partial charge in [-0.25, -0.2) is 19.9 Å². The Labute approximate surface area is 328 Å². The van der Waals surface area contributed by atoms with Crippen molar-refractivity contribution in [3.05, 3.63) is 64.1 Å². The lowest BCUT2D eigenvalue weighted by molar-refractivity contribution is -0.275. The fourth-order valence-corrected chi connectivity index (χ4v) is 6.45. The molecule has 0 unspecified atom stereocenters. The number of halogens is 7. The van der Waals surface area contributed by atoms with Crippen molar-refractivity contribution in [3.8, 4) is 34.0 Å². The van der Waals surface area contributed by atoms with Gasteiger partial charge in [-0.1, -0.05) is 53.1 Å². The highest BCUT2D eigenvalue weighted by molar-refractivity contribution is 7.98. The lowest BCUT2D eigenvalue weighted by Crippen LogP contribution is -2.20. The van der Waals surface area contributed by atoms with Crippen LogP contribution in [0.5, 0.6) is 11.5 Å². The standard InChI is InChI=1S/C20H26F3N3OS.C19H23ClF3N3O/c1-6-13(7-2)24-18-16(8-3)25-17(19(26-18)28-5)15-10-9-14(11-12(15)4)27-20(21,22)23;1-5-12(6-2)24-18-15(7-3)25-16(17(20)26-18)14-9-8-13(10-11(14)4)27-19(21,22)23/h9-11,13H,6-8H2,1-5H3,(H,24,26);8-10,12H,5-7H2,1-4H3,(H,24,26). The largest absolute Gasteiger partial charge is 0.573 e. The van der Waals surface area contributed by atoms with Crippen molar-refractivity contribution in [3.63, 3.8) is 0 Å². The summed E-state index contributed by atoms with van der Waals surface area (Å²) in [6.07, 6.45) is -2.33. The molecule has 8 nitrogen and oxygen atoms in total. The maximum atomic E-state index is 12.5. The van der Waals surface area contributed by atoms with Crippen molar-refractivity contribution in [1.29, 1.82) is 0 Å². The number of hydrogen-bond donors (Lipinski definition) is 2. The lowest BCUT2D eigenvalue weighted by atomic mass is 10.1. The summed E-state index contributed by atoms with van der Waals surface area (Å²) in [5.41, 5.74) is 5.30. The number of thioether (sulfide) groups is 1. The molecule has 0 aliphatic rings. The molecule has 0 radical (unpaired) electrons. The third kappa shape index (κ3) is 13.0. The monoisotopic (exact) mass is 814 g/mol. The maximum Gasteiger partial charge on any atom is 0.573 e. The summed E-state index contributed by atoms with van der Waals surface area (Å²) in [6, 6.07) is 8.94. The molecule has 0 bridgehead atoms. The summed E-state index contributed by atoms with van der Waals surface area (Å²) in [4.78, 5) is 18.7. The minimum Gasteiger partial charge on any atom is -0.406 e. The molecule has 4 rings (SSSR count). The van der Waals surface area contributed by atoms with Gasteiger partial charge in [-0.05, 0) is 106 Å². The van der Waals surface area contributed by atoms with E-state index in [0.29, 0.717) is 52.8 Å². The topological polar surface area (TPSA) is 94.1 Å². The van der Waals surface area contributed by atoms with E-state index in [0.717, 1.165) is 53.5 Å². The van der Waals surface area contributed by atoms with Crippen LogP contribution in [-0.4, -0.2) is 51.0 Å². The van der Waals surface area contributed by atoms with Crippen LogP contribution >= 0.6 is 23.4 Å². The molecule has 2 heterocycles. The number of alkyl halides is 6. The number of rotatable bonds is 15. The molecule has 0 spiro atoms. The van der Waals surface area contributed by atoms with E-state index >= 15 is 0 Å². The molecule has 0 atom stereocenters. The number of nitrogens with zero attached hydrogens (tertiary/aromatic N) is 4. The number of anilines is 2. The Morgan fingerprint density at radius 3 is 1.40 bits per heavy atom. The molecule has 2 N–H and O–H groups in total. The lowest BCUT2D eigenvalue weighted by Gasteiger charge is -2.20. The van der Waals surface area contributed by atoms with Gasteiger partial charge in [0.2, 0.25) is 0 Å². The average Bonchev–Trinajstić information content (AvgIpc) is 3.12. The second kappa shape index (κ2) is 20.3. The molecular formula is C39H49ClF6N6O2S. The number of aryl methyl sites for hydroxylation is 4. The van der Waals surface area contributed by atoms with E-state index in [1.54, 1.807) is 19.9 Å². The maximum absolute atomic E-state index is 12.5. The Balaban J connectivity index is 0.000000296. The van der Waals surface area contributed by atoms with Gasteiger partial charge in [0.1, 0.15) is 39.5 Å². The van der Waals surface area contributed by atoms with Gasteiger partial charge in [0.25, 0.3) is 0 Å². The fraction of sp³-hybridized carbons (Fsp3) is 0.487. The molecule has 0 aliphatic carbocycles. The molecule has 302 valence electrons. The van der Waals surface area contributed by atoms with Crippen LogP contribution in [0.1, 0.15) is 89.7 Å². The molecule has 4 aromatic rings. The van der Waals surface area contributed by atoms with E-state index in [1.807, 2.05) is 20.1 Å². The van der Waals surface area contributed by atoms with Crippen LogP contribution in [-0.2, 0) is 12.8 Å². The quantitative estimate of drug-likeness (QED) is 0.0898. The van der Waals surface area contributed by atoms with E-state index in [1.165, 1.54) is 42.1 Å². The molecule has 2 aromatic carbocycles. The molecule has 0 fully saturated rings. The second-order valence-electron chi connectivity index (χ2n) is 12.6. The summed E-state index contributed by atoms with van der Waals surface area (Å²) in [5.74, 6) is 0.902. The van der Waals surface area contributed by atoms with Gasteiger partial charge in [0.05, 0.1) is 11.4 Å². The first kappa shape index (κ1) is 45.4. The van der Waals surface area contributed by atoms with Crippen molar-refractivity contribution < 1.29 is 35.8 Å². The van der Waals surface area contributed by atoms with Gasteiger partial charge in [-0.2, -0.15) is 0 Å². The minimum absolute atomic E-state index is 0.202. The smallest absolute Gasteiger partial charge is 0.406 e. The molecule has 16 heteroatoms. The van der Waals surface area contributed by atoms with Crippen LogP contribution in [0.4, 0.5) is 38.0 Å². The first-order valence-corrected chi connectivity index (χ1v) is 19.8. The third-order valence-corrected chi connectivity index (χ3v) is 9.69. The highest BCUT2D eigenvalue weighted by Crippen LogP contribution is 2.36. The van der Waals surface area contributed by atoms with Crippen molar-refractivity contribution in [2.24, 2.45) is 0 Å². The van der Waals surface area contributed by atoms with Gasteiger partial charge in [0, 0.05) is 23.2 Å². The van der Waals surface area contributed by atoms with E-state index in [-0.39, 0.29) is 22.7 Å². The molecule has 0 amide bonds. The normalized spacial score (nSPS) is 11.7. The number of benzene rings is 2. The minimum atomic E-state index is -4.73. The fourth-order valence-electron chi connectivity index (χ4n) is 5.69. The molecule has 55 heavy (non-hydrogen) atoms. The van der Waals surface area contributed by atoms with Gasteiger partial charge >= 0.3 is 12.7 Å². The van der Waals surface area contributed by atoms with Crippen molar-refractivity contribution in [2.75, 3.05) is 16.9 Å². The zero-order valence-corrected chi connectivity index (χ0v) is 34.1. The van der Waals surface area contributed by atoms with E-state index < -0.39 is 12.7 Å². The van der Waals surface area contributed by atoms with E-state index in [2.05, 4.69) is 57.8 Å². The molecule has 0 aliphatic heterocycles. The van der Waals surface area contributed by atoms with Gasteiger partial charge in [-0.15, -0.1) is 38.1 Å². The highest BCUT2D eigenvalue weighted by atomic mass is 35.5.